The van der Waals surface area contributed by atoms with Crippen LogP contribution < -0.4 is 14.5 Å². The maximum absolute atomic E-state index is 6.34. The number of anilines is 2. The second-order valence-electron chi connectivity index (χ2n) is 9.80. The molecule has 4 aromatic rings. The monoisotopic (exact) mass is 532 g/mol. The van der Waals surface area contributed by atoms with E-state index in [0.717, 1.165) is 85.8 Å². The van der Waals surface area contributed by atoms with Crippen LogP contribution in [0.15, 0.2) is 42.0 Å². The van der Waals surface area contributed by atoms with Crippen molar-refractivity contribution in [2.75, 3.05) is 36.0 Å². The summed E-state index contributed by atoms with van der Waals surface area (Å²) in [5.41, 5.74) is 6.00. The molecule has 0 amide bonds. The standard InChI is InChI=1S/C28H32N6OS2/c1-3-4-20-16-29-26(30-17-20)33-13-9-23(10-14-33)35-28-32-24-6-5-22(15-25(24)37-28)21-7-11-34(12-8-21)27-31-19(2)18-36-27/h5-7,15-18,23H,3-4,8-14H2,1-2H3. The third kappa shape index (κ3) is 5.48. The third-order valence-electron chi connectivity index (χ3n) is 7.05. The van der Waals surface area contributed by atoms with Crippen LogP contribution >= 0.6 is 22.7 Å². The van der Waals surface area contributed by atoms with Crippen molar-refractivity contribution in [3.63, 3.8) is 0 Å². The molecule has 0 radical (unpaired) electrons. The first-order valence-electron chi connectivity index (χ1n) is 13.1. The Morgan fingerprint density at radius 2 is 1.89 bits per heavy atom. The molecule has 1 fully saturated rings. The van der Waals surface area contributed by atoms with Crippen LogP contribution in [0.3, 0.4) is 0 Å². The Hall–Kier alpha value is -3.04. The highest BCUT2D eigenvalue weighted by atomic mass is 32.1. The molecule has 0 aliphatic carbocycles. The first kappa shape index (κ1) is 24.3. The zero-order valence-corrected chi connectivity index (χ0v) is 23.0. The highest BCUT2D eigenvalue weighted by Crippen LogP contribution is 2.34. The Labute approximate surface area is 225 Å². The summed E-state index contributed by atoms with van der Waals surface area (Å²) in [7, 11) is 0. The van der Waals surface area contributed by atoms with Gasteiger partial charge in [0.2, 0.25) is 5.95 Å². The zero-order chi connectivity index (χ0) is 25.2. The number of aromatic nitrogens is 4. The molecule has 0 N–H and O–H groups in total. The molecule has 6 rings (SSSR count). The lowest BCUT2D eigenvalue weighted by atomic mass is 9.99. The Morgan fingerprint density at radius 3 is 2.59 bits per heavy atom. The third-order valence-corrected chi connectivity index (χ3v) is 8.98. The van der Waals surface area contributed by atoms with Crippen molar-refractivity contribution < 1.29 is 4.74 Å². The molecule has 0 unspecified atom stereocenters. The molecule has 5 heterocycles. The lowest BCUT2D eigenvalue weighted by Crippen LogP contribution is -2.39. The van der Waals surface area contributed by atoms with Gasteiger partial charge in [-0.3, -0.25) is 0 Å². The minimum atomic E-state index is 0.178. The fourth-order valence-electron chi connectivity index (χ4n) is 4.99. The van der Waals surface area contributed by atoms with Crippen molar-refractivity contribution in [3.05, 3.63) is 58.9 Å². The fraction of sp³-hybridized carbons (Fsp3) is 0.429. The smallest absolute Gasteiger partial charge is 0.274 e. The van der Waals surface area contributed by atoms with Gasteiger partial charge in [-0.05, 0) is 48.6 Å². The van der Waals surface area contributed by atoms with Crippen molar-refractivity contribution in [2.24, 2.45) is 0 Å². The van der Waals surface area contributed by atoms with Gasteiger partial charge in [-0.1, -0.05) is 36.8 Å². The Balaban J connectivity index is 1.06. The molecule has 0 saturated carbocycles. The number of rotatable bonds is 7. The average molecular weight is 533 g/mol. The van der Waals surface area contributed by atoms with Gasteiger partial charge in [0.15, 0.2) is 5.13 Å². The summed E-state index contributed by atoms with van der Waals surface area (Å²) >= 11 is 3.38. The number of ether oxygens (including phenoxy) is 1. The van der Waals surface area contributed by atoms with Gasteiger partial charge in [-0.25, -0.2) is 19.9 Å². The predicted octanol–water partition coefficient (Wildman–Crippen LogP) is 6.15. The molecular weight excluding hydrogens is 500 g/mol. The number of aryl methyl sites for hydroxylation is 2. The summed E-state index contributed by atoms with van der Waals surface area (Å²) < 4.78 is 7.52. The summed E-state index contributed by atoms with van der Waals surface area (Å²) in [6.07, 6.45) is 11.5. The van der Waals surface area contributed by atoms with E-state index in [2.05, 4.69) is 68.3 Å². The molecule has 0 spiro atoms. The van der Waals surface area contributed by atoms with Crippen LogP contribution in [-0.4, -0.2) is 52.2 Å². The lowest BCUT2D eigenvalue weighted by Gasteiger charge is -2.31. The quantitative estimate of drug-likeness (QED) is 0.283. The highest BCUT2D eigenvalue weighted by molar-refractivity contribution is 7.20. The van der Waals surface area contributed by atoms with Crippen LogP contribution in [0.1, 0.15) is 49.4 Å². The summed E-state index contributed by atoms with van der Waals surface area (Å²) in [4.78, 5) is 23.2. The van der Waals surface area contributed by atoms with E-state index in [0.29, 0.717) is 0 Å². The molecule has 0 atom stereocenters. The first-order chi connectivity index (χ1) is 18.1. The topological polar surface area (TPSA) is 67.3 Å². The van der Waals surface area contributed by atoms with Crippen molar-refractivity contribution in [1.82, 2.24) is 19.9 Å². The van der Waals surface area contributed by atoms with Crippen LogP contribution in [-0.2, 0) is 6.42 Å². The average Bonchev–Trinajstić information content (AvgIpc) is 3.55. The van der Waals surface area contributed by atoms with Crippen LogP contribution in [0, 0.1) is 6.92 Å². The number of hydrogen-bond acceptors (Lipinski definition) is 9. The minimum absolute atomic E-state index is 0.178. The number of hydrogen-bond donors (Lipinski definition) is 0. The van der Waals surface area contributed by atoms with Crippen molar-refractivity contribution >= 4 is 49.5 Å². The Bertz CT molecular complexity index is 1390. The van der Waals surface area contributed by atoms with Crippen molar-refractivity contribution in [3.8, 4) is 5.19 Å². The first-order valence-corrected chi connectivity index (χ1v) is 14.8. The Morgan fingerprint density at radius 1 is 1.05 bits per heavy atom. The molecule has 1 saturated heterocycles. The maximum atomic E-state index is 6.34. The number of piperidine rings is 1. The van der Waals surface area contributed by atoms with E-state index in [1.807, 2.05) is 12.4 Å². The molecule has 37 heavy (non-hydrogen) atoms. The van der Waals surface area contributed by atoms with Crippen molar-refractivity contribution in [2.45, 2.75) is 52.1 Å². The van der Waals surface area contributed by atoms with Gasteiger partial charge in [0.05, 0.1) is 15.9 Å². The molecule has 7 nitrogen and oxygen atoms in total. The van der Waals surface area contributed by atoms with Gasteiger partial charge in [-0.2, -0.15) is 0 Å². The molecule has 2 aliphatic rings. The van der Waals surface area contributed by atoms with Gasteiger partial charge in [0.1, 0.15) is 6.10 Å². The van der Waals surface area contributed by atoms with Crippen LogP contribution in [0.4, 0.5) is 11.1 Å². The van der Waals surface area contributed by atoms with Crippen LogP contribution in [0.2, 0.25) is 0 Å². The van der Waals surface area contributed by atoms with Gasteiger partial charge in [0.25, 0.3) is 5.19 Å². The fourth-order valence-corrected chi connectivity index (χ4v) is 6.75. The van der Waals surface area contributed by atoms with E-state index >= 15 is 0 Å². The number of fused-ring (bicyclic) bond motifs is 1. The van der Waals surface area contributed by atoms with E-state index in [1.54, 1.807) is 22.7 Å². The van der Waals surface area contributed by atoms with E-state index in [9.17, 15) is 0 Å². The molecule has 1 aromatic carbocycles. The molecule has 0 bridgehead atoms. The van der Waals surface area contributed by atoms with Gasteiger partial charge in [0, 0.05) is 56.8 Å². The highest BCUT2D eigenvalue weighted by Gasteiger charge is 2.23. The normalized spacial score (nSPS) is 16.9. The molecule has 192 valence electrons. The van der Waals surface area contributed by atoms with Crippen LogP contribution in [0.5, 0.6) is 5.19 Å². The lowest BCUT2D eigenvalue weighted by molar-refractivity contribution is 0.170. The van der Waals surface area contributed by atoms with E-state index in [1.165, 1.54) is 21.4 Å². The number of thiazole rings is 2. The molecular formula is C28H32N6OS2. The minimum Gasteiger partial charge on any atom is -0.467 e. The van der Waals surface area contributed by atoms with Crippen LogP contribution in [0.25, 0.3) is 15.8 Å². The summed E-state index contributed by atoms with van der Waals surface area (Å²) in [5, 5.41) is 4.01. The maximum Gasteiger partial charge on any atom is 0.274 e. The molecule has 3 aromatic heterocycles. The number of benzene rings is 1. The second-order valence-corrected chi connectivity index (χ2v) is 11.6. The summed E-state index contributed by atoms with van der Waals surface area (Å²) in [5.74, 6) is 0.827. The number of nitrogens with zero attached hydrogens (tertiary/aromatic N) is 6. The largest absolute Gasteiger partial charge is 0.467 e. The van der Waals surface area contributed by atoms with Gasteiger partial charge in [-0.15, -0.1) is 11.3 Å². The summed E-state index contributed by atoms with van der Waals surface area (Å²) in [6.45, 7) is 7.94. The Kier molecular flexibility index (Phi) is 7.06. The zero-order valence-electron chi connectivity index (χ0n) is 21.4. The second kappa shape index (κ2) is 10.8. The van der Waals surface area contributed by atoms with E-state index in [4.69, 9.17) is 9.72 Å². The summed E-state index contributed by atoms with van der Waals surface area (Å²) in [6, 6.07) is 6.61. The van der Waals surface area contributed by atoms with Crippen molar-refractivity contribution in [1.29, 1.82) is 0 Å². The molecule has 9 heteroatoms. The van der Waals surface area contributed by atoms with Gasteiger partial charge >= 0.3 is 0 Å². The van der Waals surface area contributed by atoms with E-state index < -0.39 is 0 Å². The van der Waals surface area contributed by atoms with Gasteiger partial charge < -0.3 is 14.5 Å². The SMILES string of the molecule is CCCc1cnc(N2CCC(Oc3nc4ccc(C5=CCN(c6nc(C)cs6)CC5)cc4s3)CC2)nc1. The molecule has 2 aliphatic heterocycles. The predicted molar refractivity (Wildman–Crippen MR) is 153 cm³/mol. The van der Waals surface area contributed by atoms with E-state index in [-0.39, 0.29) is 6.10 Å².